The Bertz CT molecular complexity index is 631. The number of carbonyl (C=O) groups is 2. The minimum Gasteiger partial charge on any atom is -0.481 e. The normalized spacial score (nSPS) is 13.2. The number of aliphatic hydroxyl groups is 2. The molecule has 6 nitrogen and oxygen atoms in total. The van der Waals surface area contributed by atoms with Crippen molar-refractivity contribution in [3.05, 3.63) is 24.3 Å². The number of hydrogen-bond acceptors (Lipinski definition) is 4. The quantitative estimate of drug-likeness (QED) is 0.0413. The van der Waals surface area contributed by atoms with E-state index in [9.17, 15) is 19.8 Å². The third kappa shape index (κ3) is 36.5. The van der Waals surface area contributed by atoms with Gasteiger partial charge in [-0.05, 0) is 64.2 Å². The maximum Gasteiger partial charge on any atom is 0.303 e. The van der Waals surface area contributed by atoms with Crippen molar-refractivity contribution in [1.29, 1.82) is 0 Å². The molecule has 258 valence electrons. The standard InChI is InChI=1S/C38H70O6/c39-35(31-25-19-13-7-9-15-21-27-33-37(41)42)29-23-17-11-5-3-1-2-4-6-12-18-24-30-36(40)32-26-20-14-8-10-16-22-28-34-38(43)44/h19-20,25-26,35-36,39-40H,1-18,21-24,27-34H2,(H,41,42)(H,43,44)/b25-19-,26-20-/t35-,36-/m1/s1. The molecule has 0 saturated heterocycles. The largest absolute Gasteiger partial charge is 0.481 e. The van der Waals surface area contributed by atoms with Crippen LogP contribution in [0.3, 0.4) is 0 Å². The summed E-state index contributed by atoms with van der Waals surface area (Å²) in [7, 11) is 0. The molecule has 44 heavy (non-hydrogen) atoms. The molecule has 0 unspecified atom stereocenters. The van der Waals surface area contributed by atoms with Gasteiger partial charge in [0.25, 0.3) is 0 Å². The molecule has 0 aromatic carbocycles. The Hall–Kier alpha value is -1.66. The molecule has 0 aliphatic rings. The van der Waals surface area contributed by atoms with Gasteiger partial charge in [0, 0.05) is 12.8 Å². The van der Waals surface area contributed by atoms with Crippen LogP contribution < -0.4 is 0 Å². The van der Waals surface area contributed by atoms with Crippen molar-refractivity contribution in [2.45, 2.75) is 205 Å². The van der Waals surface area contributed by atoms with Crippen molar-refractivity contribution in [2.75, 3.05) is 0 Å². The summed E-state index contributed by atoms with van der Waals surface area (Å²) in [6.45, 7) is 0. The van der Waals surface area contributed by atoms with Gasteiger partial charge in [-0.2, -0.15) is 0 Å². The zero-order chi connectivity index (χ0) is 32.4. The Morgan fingerprint density at radius 3 is 0.977 bits per heavy atom. The van der Waals surface area contributed by atoms with E-state index in [0.29, 0.717) is 0 Å². The molecule has 0 aliphatic heterocycles. The zero-order valence-electron chi connectivity index (χ0n) is 28.3. The number of aliphatic carboxylic acids is 2. The van der Waals surface area contributed by atoms with E-state index in [1.165, 1.54) is 64.2 Å². The summed E-state index contributed by atoms with van der Waals surface area (Å²) in [6, 6.07) is 0. The molecule has 0 fully saturated rings. The van der Waals surface area contributed by atoms with Gasteiger partial charge in [-0.15, -0.1) is 0 Å². The summed E-state index contributed by atoms with van der Waals surface area (Å²) in [5, 5.41) is 37.6. The molecule has 0 spiro atoms. The van der Waals surface area contributed by atoms with Crippen molar-refractivity contribution < 1.29 is 30.0 Å². The number of hydrogen-bond donors (Lipinski definition) is 4. The van der Waals surface area contributed by atoms with Crippen LogP contribution in [-0.4, -0.2) is 44.6 Å². The summed E-state index contributed by atoms with van der Waals surface area (Å²) < 4.78 is 0. The van der Waals surface area contributed by atoms with E-state index in [2.05, 4.69) is 24.3 Å². The molecule has 0 amide bonds. The van der Waals surface area contributed by atoms with E-state index in [1.807, 2.05) is 0 Å². The highest BCUT2D eigenvalue weighted by Gasteiger charge is 2.03. The summed E-state index contributed by atoms with van der Waals surface area (Å²) in [5.74, 6) is -1.39. The molecule has 0 bridgehead atoms. The molecule has 4 N–H and O–H groups in total. The van der Waals surface area contributed by atoms with Gasteiger partial charge < -0.3 is 20.4 Å². The maximum absolute atomic E-state index is 10.5. The predicted molar refractivity (Wildman–Crippen MR) is 184 cm³/mol. The second kappa shape index (κ2) is 34.2. The van der Waals surface area contributed by atoms with Crippen molar-refractivity contribution in [1.82, 2.24) is 0 Å². The molecule has 0 aromatic rings. The monoisotopic (exact) mass is 623 g/mol. The van der Waals surface area contributed by atoms with E-state index in [0.717, 1.165) is 116 Å². The number of rotatable bonds is 35. The Labute approximate surface area is 270 Å². The first kappa shape index (κ1) is 42.3. The topological polar surface area (TPSA) is 115 Å². The minimum absolute atomic E-state index is 0.210. The molecule has 0 heterocycles. The van der Waals surface area contributed by atoms with Crippen LogP contribution in [0, 0.1) is 0 Å². The lowest BCUT2D eigenvalue weighted by Gasteiger charge is -2.08. The van der Waals surface area contributed by atoms with Gasteiger partial charge in [0.05, 0.1) is 12.2 Å². The lowest BCUT2D eigenvalue weighted by atomic mass is 10.0. The van der Waals surface area contributed by atoms with Crippen LogP contribution >= 0.6 is 0 Å². The Kier molecular flexibility index (Phi) is 32.9. The number of carboxylic acid groups (broad SMARTS) is 2. The molecule has 0 rings (SSSR count). The summed E-state index contributed by atoms with van der Waals surface area (Å²) in [5.41, 5.74) is 0. The van der Waals surface area contributed by atoms with Crippen LogP contribution in [0.5, 0.6) is 0 Å². The SMILES string of the molecule is O=C(O)CCCCCCC/C=C\C[C@H](O)CCCCCCCCCCCCCC[C@@H](O)C/C=C\CCCCCCCC(=O)O. The fourth-order valence-electron chi connectivity index (χ4n) is 5.64. The Balaban J connectivity index is 3.31. The molecule has 2 atom stereocenters. The van der Waals surface area contributed by atoms with Gasteiger partial charge in [0.1, 0.15) is 0 Å². The van der Waals surface area contributed by atoms with E-state index in [4.69, 9.17) is 10.2 Å². The fourth-order valence-corrected chi connectivity index (χ4v) is 5.64. The molecular weight excluding hydrogens is 552 g/mol. The summed E-state index contributed by atoms with van der Waals surface area (Å²) in [4.78, 5) is 21.0. The predicted octanol–water partition coefficient (Wildman–Crippen LogP) is 10.7. The lowest BCUT2D eigenvalue weighted by Crippen LogP contribution is -2.04. The maximum atomic E-state index is 10.5. The van der Waals surface area contributed by atoms with Gasteiger partial charge in [-0.3, -0.25) is 9.59 Å². The highest BCUT2D eigenvalue weighted by molar-refractivity contribution is 5.66. The number of unbranched alkanes of at least 4 members (excludes halogenated alkanes) is 21. The Morgan fingerprint density at radius 2 is 0.659 bits per heavy atom. The smallest absolute Gasteiger partial charge is 0.303 e. The molecular formula is C38H70O6. The van der Waals surface area contributed by atoms with E-state index in [-0.39, 0.29) is 25.0 Å². The van der Waals surface area contributed by atoms with Gasteiger partial charge >= 0.3 is 11.9 Å². The Morgan fingerprint density at radius 1 is 0.386 bits per heavy atom. The number of allylic oxidation sites excluding steroid dienone is 2. The van der Waals surface area contributed by atoms with Crippen molar-refractivity contribution in [2.24, 2.45) is 0 Å². The molecule has 6 heteroatoms. The van der Waals surface area contributed by atoms with Gasteiger partial charge in [-0.1, -0.05) is 140 Å². The summed E-state index contributed by atoms with van der Waals surface area (Å²) >= 11 is 0. The van der Waals surface area contributed by atoms with Crippen LogP contribution in [-0.2, 0) is 9.59 Å². The first-order valence-corrected chi connectivity index (χ1v) is 18.5. The average molecular weight is 623 g/mol. The fraction of sp³-hybridized carbons (Fsp3) is 0.842. The van der Waals surface area contributed by atoms with Gasteiger partial charge in [0.15, 0.2) is 0 Å². The third-order valence-corrected chi connectivity index (χ3v) is 8.50. The van der Waals surface area contributed by atoms with Gasteiger partial charge in [0.2, 0.25) is 0 Å². The highest BCUT2D eigenvalue weighted by atomic mass is 16.4. The average Bonchev–Trinajstić information content (AvgIpc) is 2.98. The zero-order valence-corrected chi connectivity index (χ0v) is 28.3. The second-order valence-electron chi connectivity index (χ2n) is 12.9. The lowest BCUT2D eigenvalue weighted by molar-refractivity contribution is -0.138. The molecule has 0 saturated carbocycles. The highest BCUT2D eigenvalue weighted by Crippen LogP contribution is 2.16. The van der Waals surface area contributed by atoms with Crippen LogP contribution in [0.2, 0.25) is 0 Å². The number of aliphatic hydroxyl groups excluding tert-OH is 2. The van der Waals surface area contributed by atoms with E-state index >= 15 is 0 Å². The van der Waals surface area contributed by atoms with Crippen LogP contribution in [0.25, 0.3) is 0 Å². The van der Waals surface area contributed by atoms with Crippen molar-refractivity contribution >= 4 is 11.9 Å². The minimum atomic E-state index is -0.695. The van der Waals surface area contributed by atoms with Gasteiger partial charge in [-0.25, -0.2) is 0 Å². The van der Waals surface area contributed by atoms with Crippen molar-refractivity contribution in [3.63, 3.8) is 0 Å². The van der Waals surface area contributed by atoms with Crippen LogP contribution in [0.15, 0.2) is 24.3 Å². The molecule has 0 aliphatic carbocycles. The van der Waals surface area contributed by atoms with Crippen LogP contribution in [0.4, 0.5) is 0 Å². The second-order valence-corrected chi connectivity index (χ2v) is 12.9. The molecule has 0 radical (unpaired) electrons. The van der Waals surface area contributed by atoms with E-state index in [1.54, 1.807) is 0 Å². The molecule has 0 aromatic heterocycles. The van der Waals surface area contributed by atoms with E-state index < -0.39 is 11.9 Å². The van der Waals surface area contributed by atoms with Crippen molar-refractivity contribution in [3.8, 4) is 0 Å². The van der Waals surface area contributed by atoms with Crippen LogP contribution in [0.1, 0.15) is 193 Å². The first-order valence-electron chi connectivity index (χ1n) is 18.5. The third-order valence-electron chi connectivity index (χ3n) is 8.50. The first-order chi connectivity index (χ1) is 21.4. The summed E-state index contributed by atoms with van der Waals surface area (Å²) in [6.07, 6.45) is 39.9. The number of carboxylic acids is 2.